The molecule has 7 nitrogen and oxygen atoms in total. The molecule has 0 aliphatic carbocycles. The summed E-state index contributed by atoms with van der Waals surface area (Å²) in [6, 6.07) is 14.4. The zero-order chi connectivity index (χ0) is 20.1. The van der Waals surface area contributed by atoms with Crippen molar-refractivity contribution in [1.29, 1.82) is 0 Å². The second-order valence-corrected chi connectivity index (χ2v) is 8.63. The molecule has 0 saturated carbocycles. The lowest BCUT2D eigenvalue weighted by atomic mass is 10.1. The normalized spacial score (nSPS) is 11.8. The van der Waals surface area contributed by atoms with Crippen LogP contribution in [0, 0.1) is 0 Å². The number of benzene rings is 2. The molecule has 0 bridgehead atoms. The molecule has 1 aromatic heterocycles. The Balaban J connectivity index is 1.65. The van der Waals surface area contributed by atoms with Gasteiger partial charge >= 0.3 is 0 Å². The van der Waals surface area contributed by atoms with Gasteiger partial charge in [0.05, 0.1) is 12.2 Å². The van der Waals surface area contributed by atoms with Gasteiger partial charge in [0.25, 0.3) is 0 Å². The van der Waals surface area contributed by atoms with Crippen molar-refractivity contribution in [3.63, 3.8) is 0 Å². The molecule has 0 spiro atoms. The smallest absolute Gasteiger partial charge is 0.226 e. The first-order chi connectivity index (χ1) is 13.3. The zero-order valence-corrected chi connectivity index (χ0v) is 16.6. The van der Waals surface area contributed by atoms with Gasteiger partial charge in [-0.05, 0) is 37.1 Å². The minimum atomic E-state index is -3.45. The van der Waals surface area contributed by atoms with Gasteiger partial charge in [-0.2, -0.15) is 0 Å². The van der Waals surface area contributed by atoms with Crippen molar-refractivity contribution < 1.29 is 17.7 Å². The number of carbonyl (C=O) groups excluding carboxylic acids is 1. The Morgan fingerprint density at radius 2 is 1.75 bits per heavy atom. The van der Waals surface area contributed by atoms with Gasteiger partial charge in [-0.25, -0.2) is 13.1 Å². The number of amides is 1. The van der Waals surface area contributed by atoms with E-state index in [-0.39, 0.29) is 30.7 Å². The number of rotatable bonds is 8. The van der Waals surface area contributed by atoms with E-state index in [9.17, 15) is 13.2 Å². The van der Waals surface area contributed by atoms with E-state index in [1.54, 1.807) is 32.0 Å². The summed E-state index contributed by atoms with van der Waals surface area (Å²) in [7, 11) is -3.45. The molecule has 1 amide bonds. The summed E-state index contributed by atoms with van der Waals surface area (Å²) in [5.74, 6) is -0.345. The predicted octanol–water partition coefficient (Wildman–Crippen LogP) is 2.51. The van der Waals surface area contributed by atoms with E-state index in [0.29, 0.717) is 16.8 Å². The van der Waals surface area contributed by atoms with E-state index >= 15 is 0 Å². The second kappa shape index (κ2) is 8.53. The molecule has 3 aromatic rings. The number of hydrogen-bond donors (Lipinski definition) is 2. The average Bonchev–Trinajstić information content (AvgIpc) is 3.02. The lowest BCUT2D eigenvalue weighted by Gasteiger charge is -2.13. The Morgan fingerprint density at radius 3 is 2.50 bits per heavy atom. The molecular weight excluding hydrogens is 378 g/mol. The molecule has 2 N–H and O–H groups in total. The largest absolute Gasteiger partial charge is 0.356 e. The molecule has 0 unspecified atom stereocenters. The minimum absolute atomic E-state index is 0.0897. The molecule has 2 aromatic carbocycles. The second-order valence-electron chi connectivity index (χ2n) is 6.88. The summed E-state index contributed by atoms with van der Waals surface area (Å²) in [5.41, 5.74) is 2.63. The van der Waals surface area contributed by atoms with Gasteiger partial charge < -0.3 is 9.84 Å². The number of sulfonamides is 1. The quantitative estimate of drug-likeness (QED) is 0.604. The molecule has 0 aliphatic heterocycles. The van der Waals surface area contributed by atoms with Gasteiger partial charge in [-0.15, -0.1) is 0 Å². The van der Waals surface area contributed by atoms with Crippen LogP contribution < -0.4 is 10.0 Å². The highest BCUT2D eigenvalue weighted by Gasteiger charge is 2.16. The maximum Gasteiger partial charge on any atom is 0.226 e. The monoisotopic (exact) mass is 401 g/mol. The molecule has 0 aliphatic rings. The molecule has 0 fully saturated rings. The third-order valence-electron chi connectivity index (χ3n) is 4.14. The van der Waals surface area contributed by atoms with Crippen LogP contribution in [0.4, 0.5) is 0 Å². The van der Waals surface area contributed by atoms with Gasteiger partial charge in [0.15, 0.2) is 5.58 Å². The van der Waals surface area contributed by atoms with Crippen LogP contribution in [-0.4, -0.2) is 25.5 Å². The fraction of sp³-hybridized carbons (Fsp3) is 0.300. The molecule has 1 heterocycles. The Kier molecular flexibility index (Phi) is 6.11. The number of fused-ring (bicyclic) bond motifs is 1. The lowest BCUT2D eigenvalue weighted by molar-refractivity contribution is -0.120. The fourth-order valence-electron chi connectivity index (χ4n) is 2.95. The number of aromatic nitrogens is 1. The molecular formula is C20H23N3O4S. The van der Waals surface area contributed by atoms with Crippen molar-refractivity contribution in [2.24, 2.45) is 0 Å². The SMILES string of the molecule is CC(C)NS(=O)(=O)Cc1ccccc1CNC(=O)Cc1noc2ccccc12. The van der Waals surface area contributed by atoms with Crippen molar-refractivity contribution in [2.75, 3.05) is 0 Å². The number of nitrogens with one attached hydrogen (secondary N) is 2. The summed E-state index contributed by atoms with van der Waals surface area (Å²) in [6.07, 6.45) is 0.0897. The Hall–Kier alpha value is -2.71. The van der Waals surface area contributed by atoms with Gasteiger partial charge in [0.1, 0.15) is 5.69 Å². The number of nitrogens with zero attached hydrogens (tertiary/aromatic N) is 1. The van der Waals surface area contributed by atoms with E-state index in [0.717, 1.165) is 10.9 Å². The lowest BCUT2D eigenvalue weighted by Crippen LogP contribution is -2.32. The first-order valence-corrected chi connectivity index (χ1v) is 10.7. The molecule has 0 radical (unpaired) electrons. The highest BCUT2D eigenvalue weighted by molar-refractivity contribution is 7.88. The molecule has 0 saturated heterocycles. The highest BCUT2D eigenvalue weighted by atomic mass is 32.2. The first kappa shape index (κ1) is 20.0. The van der Waals surface area contributed by atoms with Crippen molar-refractivity contribution in [1.82, 2.24) is 15.2 Å². The summed E-state index contributed by atoms with van der Waals surface area (Å²) in [5, 5.41) is 7.60. The van der Waals surface area contributed by atoms with E-state index in [1.165, 1.54) is 0 Å². The standard InChI is InChI=1S/C20H23N3O4S/c1-14(2)23-28(25,26)13-16-8-4-3-7-15(16)12-21-20(24)11-18-17-9-5-6-10-19(17)27-22-18/h3-10,14,23H,11-13H2,1-2H3,(H,21,24). The van der Waals surface area contributed by atoms with Crippen molar-refractivity contribution >= 4 is 26.9 Å². The molecule has 28 heavy (non-hydrogen) atoms. The topological polar surface area (TPSA) is 101 Å². The van der Waals surface area contributed by atoms with E-state index in [2.05, 4.69) is 15.2 Å². The van der Waals surface area contributed by atoms with Crippen molar-refractivity contribution in [3.05, 3.63) is 65.4 Å². The summed E-state index contributed by atoms with van der Waals surface area (Å²) < 4.78 is 32.2. The average molecular weight is 401 g/mol. The summed E-state index contributed by atoms with van der Waals surface area (Å²) in [6.45, 7) is 3.79. The summed E-state index contributed by atoms with van der Waals surface area (Å²) in [4.78, 5) is 12.3. The van der Waals surface area contributed by atoms with Crippen molar-refractivity contribution in [3.8, 4) is 0 Å². The first-order valence-electron chi connectivity index (χ1n) is 9.01. The van der Waals surface area contributed by atoms with Crippen molar-refractivity contribution in [2.45, 2.75) is 38.6 Å². The molecule has 3 rings (SSSR count). The fourth-order valence-corrected chi connectivity index (χ4v) is 4.44. The van der Waals surface area contributed by atoms with Gasteiger partial charge in [0.2, 0.25) is 15.9 Å². The Labute approximate surface area is 164 Å². The molecule has 8 heteroatoms. The van der Waals surface area contributed by atoms with Crippen LogP contribution in [0.2, 0.25) is 0 Å². The Bertz CT molecular complexity index is 1070. The van der Waals surface area contributed by atoms with Gasteiger partial charge in [-0.1, -0.05) is 41.6 Å². The van der Waals surface area contributed by atoms with Crippen LogP contribution in [0.25, 0.3) is 11.0 Å². The van der Waals surface area contributed by atoms with Crippen LogP contribution in [0.3, 0.4) is 0 Å². The van der Waals surface area contributed by atoms with Gasteiger partial charge in [-0.3, -0.25) is 4.79 Å². The summed E-state index contributed by atoms with van der Waals surface area (Å²) >= 11 is 0. The van der Waals surface area contributed by atoms with Crippen LogP contribution in [0.5, 0.6) is 0 Å². The molecule has 148 valence electrons. The maximum atomic E-state index is 12.3. The number of carbonyl (C=O) groups is 1. The zero-order valence-electron chi connectivity index (χ0n) is 15.8. The highest BCUT2D eigenvalue weighted by Crippen LogP contribution is 2.18. The predicted molar refractivity (Wildman–Crippen MR) is 107 cm³/mol. The Morgan fingerprint density at radius 1 is 1.07 bits per heavy atom. The van der Waals surface area contributed by atoms with E-state index < -0.39 is 10.0 Å². The van der Waals surface area contributed by atoms with Gasteiger partial charge in [0, 0.05) is 18.0 Å². The maximum absolute atomic E-state index is 12.3. The van der Waals surface area contributed by atoms with Crippen LogP contribution in [0.1, 0.15) is 30.7 Å². The minimum Gasteiger partial charge on any atom is -0.356 e. The number of hydrogen-bond acceptors (Lipinski definition) is 5. The van der Waals surface area contributed by atoms with E-state index in [1.807, 2.05) is 30.3 Å². The van der Waals surface area contributed by atoms with Crippen LogP contribution in [-0.2, 0) is 33.5 Å². The third-order valence-corrected chi connectivity index (χ3v) is 5.66. The van der Waals surface area contributed by atoms with Crippen LogP contribution in [0.15, 0.2) is 53.1 Å². The number of para-hydroxylation sites is 1. The van der Waals surface area contributed by atoms with E-state index in [4.69, 9.17) is 4.52 Å². The molecule has 0 atom stereocenters. The third kappa shape index (κ3) is 5.17. The van der Waals surface area contributed by atoms with Crippen LogP contribution >= 0.6 is 0 Å².